The summed E-state index contributed by atoms with van der Waals surface area (Å²) in [6, 6.07) is 1.98. The maximum atomic E-state index is 12.0. The van der Waals surface area contributed by atoms with Crippen LogP contribution in [0, 0.1) is 12.3 Å². The van der Waals surface area contributed by atoms with Gasteiger partial charge in [0.2, 0.25) is 5.91 Å². The summed E-state index contributed by atoms with van der Waals surface area (Å²) in [5, 5.41) is 7.06. The van der Waals surface area contributed by atoms with Crippen LogP contribution in [0.2, 0.25) is 0 Å². The fourth-order valence-corrected chi connectivity index (χ4v) is 2.66. The van der Waals surface area contributed by atoms with E-state index in [1.807, 2.05) is 13.0 Å². The standard InChI is InChI=1S/C17H30N4O2/c1-14-11-15(19-23-14)12-20-7-9-21(10-8-20)13-16(22)18-6-5-17(2,3)4/h11H,5-10,12-13H2,1-4H3,(H,18,22). The predicted octanol–water partition coefficient (Wildman–Crippen LogP) is 1.65. The Kier molecular flexibility index (Phi) is 6.18. The molecule has 6 nitrogen and oxygen atoms in total. The summed E-state index contributed by atoms with van der Waals surface area (Å²) in [4.78, 5) is 16.6. The van der Waals surface area contributed by atoms with Crippen LogP contribution in [-0.2, 0) is 11.3 Å². The number of rotatable bonds is 6. The summed E-state index contributed by atoms with van der Waals surface area (Å²) in [6.45, 7) is 14.3. The molecule has 0 unspecified atom stereocenters. The lowest BCUT2D eigenvalue weighted by molar-refractivity contribution is -0.122. The molecular weight excluding hydrogens is 292 g/mol. The van der Waals surface area contributed by atoms with Crippen LogP contribution in [0.25, 0.3) is 0 Å². The molecule has 0 radical (unpaired) electrons. The molecule has 1 saturated heterocycles. The van der Waals surface area contributed by atoms with Gasteiger partial charge in [-0.2, -0.15) is 0 Å². The molecule has 0 aliphatic carbocycles. The van der Waals surface area contributed by atoms with Gasteiger partial charge >= 0.3 is 0 Å². The topological polar surface area (TPSA) is 61.6 Å². The van der Waals surface area contributed by atoms with Gasteiger partial charge in [-0.05, 0) is 18.8 Å². The van der Waals surface area contributed by atoms with Crippen molar-refractivity contribution in [1.29, 1.82) is 0 Å². The van der Waals surface area contributed by atoms with E-state index in [1.54, 1.807) is 0 Å². The fourth-order valence-electron chi connectivity index (χ4n) is 2.66. The van der Waals surface area contributed by atoms with Gasteiger partial charge in [-0.15, -0.1) is 0 Å². The van der Waals surface area contributed by atoms with Crippen LogP contribution >= 0.6 is 0 Å². The Morgan fingerprint density at radius 1 is 1.26 bits per heavy atom. The maximum absolute atomic E-state index is 12.0. The number of nitrogens with one attached hydrogen (secondary N) is 1. The molecule has 0 spiro atoms. The third-order valence-corrected chi connectivity index (χ3v) is 4.09. The zero-order chi connectivity index (χ0) is 16.9. The van der Waals surface area contributed by atoms with E-state index in [0.717, 1.165) is 57.1 Å². The number of carbonyl (C=O) groups is 1. The van der Waals surface area contributed by atoms with Crippen molar-refractivity contribution in [1.82, 2.24) is 20.3 Å². The summed E-state index contributed by atoms with van der Waals surface area (Å²) in [6.07, 6.45) is 1.00. The fraction of sp³-hybridized carbons (Fsp3) is 0.765. The van der Waals surface area contributed by atoms with E-state index in [4.69, 9.17) is 4.52 Å². The SMILES string of the molecule is Cc1cc(CN2CCN(CC(=O)NCCC(C)(C)C)CC2)no1. The third-order valence-electron chi connectivity index (χ3n) is 4.09. The predicted molar refractivity (Wildman–Crippen MR) is 90.0 cm³/mol. The van der Waals surface area contributed by atoms with Crippen molar-refractivity contribution in [3.8, 4) is 0 Å². The lowest BCUT2D eigenvalue weighted by Crippen LogP contribution is -2.49. The first-order valence-corrected chi connectivity index (χ1v) is 8.45. The molecule has 0 aromatic carbocycles. The largest absolute Gasteiger partial charge is 0.361 e. The zero-order valence-electron chi connectivity index (χ0n) is 14.9. The number of piperazine rings is 1. The number of hydrogen-bond acceptors (Lipinski definition) is 5. The molecule has 1 aliphatic rings. The van der Waals surface area contributed by atoms with Crippen molar-refractivity contribution in [2.45, 2.75) is 40.7 Å². The quantitative estimate of drug-likeness (QED) is 0.863. The summed E-state index contributed by atoms with van der Waals surface area (Å²) in [7, 11) is 0. The molecule has 1 amide bonds. The molecule has 0 atom stereocenters. The Bertz CT molecular complexity index is 499. The van der Waals surface area contributed by atoms with Crippen LogP contribution in [0.5, 0.6) is 0 Å². The number of aromatic nitrogens is 1. The van der Waals surface area contributed by atoms with Crippen LogP contribution < -0.4 is 5.32 Å². The second-order valence-electron chi connectivity index (χ2n) is 7.64. The highest BCUT2D eigenvalue weighted by Crippen LogP contribution is 2.16. The molecule has 23 heavy (non-hydrogen) atoms. The Balaban J connectivity index is 1.63. The van der Waals surface area contributed by atoms with Gasteiger partial charge in [-0.3, -0.25) is 14.6 Å². The molecule has 0 bridgehead atoms. The Morgan fingerprint density at radius 2 is 1.91 bits per heavy atom. The highest BCUT2D eigenvalue weighted by Gasteiger charge is 2.20. The van der Waals surface area contributed by atoms with E-state index < -0.39 is 0 Å². The lowest BCUT2D eigenvalue weighted by Gasteiger charge is -2.33. The van der Waals surface area contributed by atoms with Gasteiger partial charge < -0.3 is 9.84 Å². The van der Waals surface area contributed by atoms with E-state index in [2.05, 4.69) is 41.0 Å². The van der Waals surface area contributed by atoms with Gasteiger partial charge in [0.25, 0.3) is 0 Å². The average molecular weight is 322 g/mol. The van der Waals surface area contributed by atoms with Crippen molar-refractivity contribution in [3.05, 3.63) is 17.5 Å². The molecule has 1 N–H and O–H groups in total. The molecule has 1 aliphatic heterocycles. The first-order valence-electron chi connectivity index (χ1n) is 8.45. The van der Waals surface area contributed by atoms with Crippen molar-refractivity contribution < 1.29 is 9.32 Å². The van der Waals surface area contributed by atoms with Crippen LogP contribution in [0.15, 0.2) is 10.6 Å². The Hall–Kier alpha value is -1.40. The Labute approximate surface area is 139 Å². The molecule has 6 heteroatoms. The van der Waals surface area contributed by atoms with Gasteiger partial charge in [0, 0.05) is 45.3 Å². The zero-order valence-corrected chi connectivity index (χ0v) is 14.9. The number of amides is 1. The second-order valence-corrected chi connectivity index (χ2v) is 7.64. The molecule has 1 fully saturated rings. The second kappa shape index (κ2) is 7.93. The van der Waals surface area contributed by atoms with E-state index in [-0.39, 0.29) is 11.3 Å². The van der Waals surface area contributed by atoms with Crippen molar-refractivity contribution in [2.24, 2.45) is 5.41 Å². The van der Waals surface area contributed by atoms with E-state index in [1.165, 1.54) is 0 Å². The summed E-state index contributed by atoms with van der Waals surface area (Å²) >= 11 is 0. The minimum atomic E-state index is 0.134. The molecule has 1 aromatic rings. The van der Waals surface area contributed by atoms with Gasteiger partial charge in [-0.25, -0.2) is 0 Å². The third kappa shape index (κ3) is 6.71. The molecule has 1 aromatic heterocycles. The van der Waals surface area contributed by atoms with Crippen LogP contribution in [0.4, 0.5) is 0 Å². The van der Waals surface area contributed by atoms with E-state index in [0.29, 0.717) is 6.54 Å². The van der Waals surface area contributed by atoms with E-state index in [9.17, 15) is 4.79 Å². The molecule has 130 valence electrons. The van der Waals surface area contributed by atoms with Crippen LogP contribution in [0.3, 0.4) is 0 Å². The van der Waals surface area contributed by atoms with Crippen molar-refractivity contribution in [3.63, 3.8) is 0 Å². The van der Waals surface area contributed by atoms with Gasteiger partial charge in [-0.1, -0.05) is 25.9 Å². The van der Waals surface area contributed by atoms with Gasteiger partial charge in [0.1, 0.15) is 5.76 Å². The highest BCUT2D eigenvalue weighted by atomic mass is 16.5. The van der Waals surface area contributed by atoms with Crippen LogP contribution in [0.1, 0.15) is 38.6 Å². The smallest absolute Gasteiger partial charge is 0.234 e. The molecule has 0 saturated carbocycles. The first-order chi connectivity index (χ1) is 10.8. The van der Waals surface area contributed by atoms with Crippen LogP contribution in [-0.4, -0.2) is 60.1 Å². The monoisotopic (exact) mass is 322 g/mol. The summed E-state index contributed by atoms with van der Waals surface area (Å²) < 4.78 is 5.10. The van der Waals surface area contributed by atoms with E-state index >= 15 is 0 Å². The van der Waals surface area contributed by atoms with Gasteiger partial charge in [0.15, 0.2) is 0 Å². The number of carbonyl (C=O) groups excluding carboxylic acids is 1. The minimum absolute atomic E-state index is 0.134. The highest BCUT2D eigenvalue weighted by molar-refractivity contribution is 5.77. The molecule has 2 heterocycles. The van der Waals surface area contributed by atoms with Crippen molar-refractivity contribution in [2.75, 3.05) is 39.3 Å². The number of nitrogens with zero attached hydrogens (tertiary/aromatic N) is 3. The first kappa shape index (κ1) is 17.9. The number of hydrogen-bond donors (Lipinski definition) is 1. The summed E-state index contributed by atoms with van der Waals surface area (Å²) in [5.41, 5.74) is 1.24. The maximum Gasteiger partial charge on any atom is 0.234 e. The number of aryl methyl sites for hydroxylation is 1. The average Bonchev–Trinajstić information content (AvgIpc) is 2.85. The normalized spacial score (nSPS) is 17.4. The molecule has 2 rings (SSSR count). The van der Waals surface area contributed by atoms with Gasteiger partial charge in [0.05, 0.1) is 12.2 Å². The van der Waals surface area contributed by atoms with Crippen molar-refractivity contribution >= 4 is 5.91 Å². The molecular formula is C17H30N4O2. The Morgan fingerprint density at radius 3 is 2.48 bits per heavy atom. The minimum Gasteiger partial charge on any atom is -0.361 e. The lowest BCUT2D eigenvalue weighted by atomic mass is 9.92. The summed E-state index contributed by atoms with van der Waals surface area (Å²) in [5.74, 6) is 0.986.